The molecule has 0 aromatic carbocycles. The molecule has 1 aliphatic rings. The SMILES string of the molecule is O=C1CC(CCF)C1. The third-order valence-electron chi connectivity index (χ3n) is 1.55. The number of alkyl halides is 1. The first kappa shape index (κ1) is 5.73. The molecule has 1 aliphatic carbocycles. The predicted octanol–water partition coefficient (Wildman–Crippen LogP) is 1.33. The Morgan fingerprint density at radius 2 is 2.25 bits per heavy atom. The van der Waals surface area contributed by atoms with Gasteiger partial charge in [0.15, 0.2) is 0 Å². The maximum absolute atomic E-state index is 11.5. The summed E-state index contributed by atoms with van der Waals surface area (Å²) in [6.07, 6.45) is 1.85. The van der Waals surface area contributed by atoms with Crippen molar-refractivity contribution in [2.75, 3.05) is 6.67 Å². The predicted molar refractivity (Wildman–Crippen MR) is 28.3 cm³/mol. The zero-order valence-electron chi connectivity index (χ0n) is 4.69. The Labute approximate surface area is 47.9 Å². The van der Waals surface area contributed by atoms with Crippen LogP contribution in [-0.2, 0) is 4.79 Å². The van der Waals surface area contributed by atoms with Gasteiger partial charge in [-0.2, -0.15) is 0 Å². The summed E-state index contributed by atoms with van der Waals surface area (Å²) in [7, 11) is 0. The van der Waals surface area contributed by atoms with Crippen molar-refractivity contribution >= 4 is 5.78 Å². The summed E-state index contributed by atoms with van der Waals surface area (Å²) in [6, 6.07) is 0. The van der Waals surface area contributed by atoms with Crippen LogP contribution >= 0.6 is 0 Å². The molecular formula is C6H9FO. The molecule has 0 spiro atoms. The van der Waals surface area contributed by atoms with Gasteiger partial charge in [-0.05, 0) is 12.3 Å². The fourth-order valence-electron chi connectivity index (χ4n) is 0.943. The third kappa shape index (κ3) is 1.05. The van der Waals surface area contributed by atoms with Gasteiger partial charge in [0.25, 0.3) is 0 Å². The number of hydrogen-bond donors (Lipinski definition) is 0. The summed E-state index contributed by atoms with van der Waals surface area (Å²) in [6.45, 7) is -0.266. The smallest absolute Gasteiger partial charge is 0.133 e. The van der Waals surface area contributed by atoms with Gasteiger partial charge in [-0.25, -0.2) is 0 Å². The number of halogens is 1. The monoisotopic (exact) mass is 116 g/mol. The van der Waals surface area contributed by atoms with Gasteiger partial charge in [-0.3, -0.25) is 9.18 Å². The van der Waals surface area contributed by atoms with E-state index in [0.29, 0.717) is 31.0 Å². The van der Waals surface area contributed by atoms with Crippen molar-refractivity contribution in [3.8, 4) is 0 Å². The molecule has 0 unspecified atom stereocenters. The third-order valence-corrected chi connectivity index (χ3v) is 1.55. The van der Waals surface area contributed by atoms with E-state index in [2.05, 4.69) is 0 Å². The van der Waals surface area contributed by atoms with Crippen LogP contribution in [0.1, 0.15) is 19.3 Å². The van der Waals surface area contributed by atoms with Crippen LogP contribution in [0, 0.1) is 5.92 Å². The van der Waals surface area contributed by atoms with Crippen molar-refractivity contribution < 1.29 is 9.18 Å². The summed E-state index contributed by atoms with van der Waals surface area (Å²) < 4.78 is 11.5. The van der Waals surface area contributed by atoms with E-state index < -0.39 is 0 Å². The van der Waals surface area contributed by atoms with Crippen molar-refractivity contribution in [3.05, 3.63) is 0 Å². The molecule has 0 N–H and O–H groups in total. The molecule has 0 heterocycles. The summed E-state index contributed by atoms with van der Waals surface area (Å²) in [5.41, 5.74) is 0. The van der Waals surface area contributed by atoms with E-state index in [1.807, 2.05) is 0 Å². The van der Waals surface area contributed by atoms with Gasteiger partial charge in [0.1, 0.15) is 5.78 Å². The van der Waals surface area contributed by atoms with Crippen LogP contribution in [0.5, 0.6) is 0 Å². The first-order valence-electron chi connectivity index (χ1n) is 2.90. The Morgan fingerprint density at radius 3 is 2.62 bits per heavy atom. The van der Waals surface area contributed by atoms with E-state index in [9.17, 15) is 9.18 Å². The van der Waals surface area contributed by atoms with Crippen molar-refractivity contribution in [2.45, 2.75) is 19.3 Å². The van der Waals surface area contributed by atoms with Crippen LogP contribution < -0.4 is 0 Å². The molecule has 0 bridgehead atoms. The molecule has 1 saturated carbocycles. The molecule has 1 nitrogen and oxygen atoms in total. The highest BCUT2D eigenvalue weighted by atomic mass is 19.1. The fourth-order valence-corrected chi connectivity index (χ4v) is 0.943. The molecule has 0 atom stereocenters. The van der Waals surface area contributed by atoms with Crippen molar-refractivity contribution in [1.82, 2.24) is 0 Å². The standard InChI is InChI=1S/C6H9FO/c7-2-1-5-3-6(8)4-5/h5H,1-4H2. The minimum atomic E-state index is -0.266. The van der Waals surface area contributed by atoms with Crippen molar-refractivity contribution in [1.29, 1.82) is 0 Å². The number of hydrogen-bond acceptors (Lipinski definition) is 1. The molecule has 0 amide bonds. The van der Waals surface area contributed by atoms with E-state index in [-0.39, 0.29) is 6.67 Å². The first-order chi connectivity index (χ1) is 3.83. The zero-order chi connectivity index (χ0) is 5.98. The fraction of sp³-hybridized carbons (Fsp3) is 0.833. The van der Waals surface area contributed by atoms with Gasteiger partial charge >= 0.3 is 0 Å². The van der Waals surface area contributed by atoms with Crippen LogP contribution in [-0.4, -0.2) is 12.5 Å². The number of ketones is 1. The van der Waals surface area contributed by atoms with Crippen molar-refractivity contribution in [3.63, 3.8) is 0 Å². The minimum absolute atomic E-state index is 0.266. The van der Waals surface area contributed by atoms with Crippen LogP contribution in [0.3, 0.4) is 0 Å². The average molecular weight is 116 g/mol. The Morgan fingerprint density at radius 1 is 1.62 bits per heavy atom. The molecule has 1 fully saturated rings. The molecule has 46 valence electrons. The van der Waals surface area contributed by atoms with Gasteiger partial charge in [0.05, 0.1) is 6.67 Å². The quantitative estimate of drug-likeness (QED) is 0.531. The average Bonchev–Trinajstić information content (AvgIpc) is 1.64. The van der Waals surface area contributed by atoms with E-state index in [4.69, 9.17) is 0 Å². The van der Waals surface area contributed by atoms with Crippen LogP contribution in [0.4, 0.5) is 4.39 Å². The second-order valence-corrected chi connectivity index (χ2v) is 2.29. The van der Waals surface area contributed by atoms with Crippen LogP contribution in [0.2, 0.25) is 0 Å². The molecular weight excluding hydrogens is 107 g/mol. The summed E-state index contributed by atoms with van der Waals surface area (Å²) in [5, 5.41) is 0. The van der Waals surface area contributed by atoms with E-state index >= 15 is 0 Å². The van der Waals surface area contributed by atoms with Gasteiger partial charge in [-0.15, -0.1) is 0 Å². The maximum atomic E-state index is 11.5. The van der Waals surface area contributed by atoms with Crippen molar-refractivity contribution in [2.24, 2.45) is 5.92 Å². The Hall–Kier alpha value is -0.400. The maximum Gasteiger partial charge on any atom is 0.133 e. The topological polar surface area (TPSA) is 17.1 Å². The molecule has 0 aliphatic heterocycles. The number of carbonyl (C=O) groups is 1. The zero-order valence-corrected chi connectivity index (χ0v) is 4.69. The van der Waals surface area contributed by atoms with Gasteiger partial charge in [0, 0.05) is 12.8 Å². The summed E-state index contributed by atoms with van der Waals surface area (Å²) in [5.74, 6) is 0.677. The Balaban J connectivity index is 2.06. The Kier molecular flexibility index (Phi) is 1.61. The minimum Gasteiger partial charge on any atom is -0.300 e. The lowest BCUT2D eigenvalue weighted by Crippen LogP contribution is -2.23. The molecule has 0 saturated heterocycles. The molecule has 2 heteroatoms. The summed E-state index contributed by atoms with van der Waals surface area (Å²) >= 11 is 0. The summed E-state index contributed by atoms with van der Waals surface area (Å²) in [4.78, 5) is 10.3. The second-order valence-electron chi connectivity index (χ2n) is 2.29. The Bertz CT molecular complexity index is 92.7. The molecule has 0 radical (unpaired) electrons. The second kappa shape index (κ2) is 2.25. The molecule has 1 rings (SSSR count). The largest absolute Gasteiger partial charge is 0.300 e. The first-order valence-corrected chi connectivity index (χ1v) is 2.90. The highest BCUT2D eigenvalue weighted by molar-refractivity contribution is 5.84. The van der Waals surface area contributed by atoms with E-state index in [0.717, 1.165) is 0 Å². The number of carbonyl (C=O) groups excluding carboxylic acids is 1. The van der Waals surface area contributed by atoms with Gasteiger partial charge in [0.2, 0.25) is 0 Å². The lowest BCUT2D eigenvalue weighted by molar-refractivity contribution is -0.127. The molecule has 0 aromatic rings. The highest BCUT2D eigenvalue weighted by Gasteiger charge is 2.25. The van der Waals surface area contributed by atoms with Gasteiger partial charge < -0.3 is 0 Å². The van der Waals surface area contributed by atoms with Gasteiger partial charge in [-0.1, -0.05) is 0 Å². The number of Topliss-reactive ketones (excluding diaryl/α,β-unsaturated/α-hetero) is 1. The molecule has 0 aromatic heterocycles. The normalized spacial score (nSPS) is 20.9. The van der Waals surface area contributed by atoms with E-state index in [1.54, 1.807) is 0 Å². The molecule has 8 heavy (non-hydrogen) atoms. The lowest BCUT2D eigenvalue weighted by atomic mass is 9.82. The van der Waals surface area contributed by atoms with Crippen LogP contribution in [0.15, 0.2) is 0 Å². The highest BCUT2D eigenvalue weighted by Crippen LogP contribution is 2.25. The van der Waals surface area contributed by atoms with E-state index in [1.165, 1.54) is 0 Å². The lowest BCUT2D eigenvalue weighted by Gasteiger charge is -2.21. The van der Waals surface area contributed by atoms with Crippen LogP contribution in [0.25, 0.3) is 0 Å². The number of rotatable bonds is 2.